The van der Waals surface area contributed by atoms with Crippen LogP contribution in [0.2, 0.25) is 0 Å². The first-order valence-corrected chi connectivity index (χ1v) is 26.2. The Morgan fingerprint density at radius 3 is 1.40 bits per heavy atom. The summed E-state index contributed by atoms with van der Waals surface area (Å²) in [5.41, 5.74) is 12.0. The van der Waals surface area contributed by atoms with Crippen molar-refractivity contribution in [2.45, 2.75) is 6.92 Å². The Bertz CT molecular complexity index is 5430. The molecule has 19 rings (SSSR count). The lowest BCUT2D eigenvalue weighted by Crippen LogP contribution is -1.88. The fraction of sp³-hybridized carbons (Fsp3) is 0.0141. The van der Waals surface area contributed by atoms with E-state index in [4.69, 9.17) is 0 Å². The predicted octanol–water partition coefficient (Wildman–Crippen LogP) is 20.9. The fourth-order valence-electron chi connectivity index (χ4n) is 15.0. The minimum absolute atomic E-state index is 1.29. The van der Waals surface area contributed by atoms with E-state index in [0.29, 0.717) is 0 Å². The van der Waals surface area contributed by atoms with Gasteiger partial charge in [0, 0.05) is 25.7 Å². The molecule has 0 N–H and O–H groups in total. The summed E-state index contributed by atoms with van der Waals surface area (Å²) in [5, 5.41) is 35.3. The Balaban J connectivity index is 0.998. The molecule has 0 fully saturated rings. The smallest absolute Gasteiger partial charge is 0.0434 e. The molecule has 72 heavy (non-hydrogen) atoms. The van der Waals surface area contributed by atoms with Crippen molar-refractivity contribution in [2.75, 3.05) is 0 Å². The third-order valence-corrected chi connectivity index (χ3v) is 18.9. The molecule has 1 aliphatic carbocycles. The van der Waals surface area contributed by atoms with Gasteiger partial charge in [0.05, 0.1) is 0 Å². The van der Waals surface area contributed by atoms with Crippen LogP contribution in [-0.4, -0.2) is 0 Å². The third-order valence-electron chi connectivity index (χ3n) is 17.7. The average molecular weight is 921 g/mol. The normalized spacial score (nSPS) is 13.1. The number of rotatable bonds is 2. The van der Waals surface area contributed by atoms with Crippen LogP contribution in [-0.2, 0) is 0 Å². The first-order chi connectivity index (χ1) is 35.7. The second-order valence-electron chi connectivity index (χ2n) is 20.8. The third kappa shape index (κ3) is 4.10. The Morgan fingerprint density at radius 2 is 0.653 bits per heavy atom. The second kappa shape index (κ2) is 12.5. The fourth-order valence-corrected chi connectivity index (χ4v) is 16.2. The van der Waals surface area contributed by atoms with Crippen LogP contribution in [0.3, 0.4) is 0 Å². The lowest BCUT2D eigenvalue weighted by Gasteiger charge is -2.16. The molecule has 0 aliphatic heterocycles. The summed E-state index contributed by atoms with van der Waals surface area (Å²) < 4.78 is 2.69. The van der Waals surface area contributed by atoms with Gasteiger partial charge in [0.1, 0.15) is 0 Å². The molecule has 1 aliphatic rings. The Hall–Kier alpha value is -8.88. The van der Waals surface area contributed by atoms with E-state index in [1.807, 2.05) is 11.3 Å². The molecule has 0 spiro atoms. The summed E-state index contributed by atoms with van der Waals surface area (Å²) >= 11 is 1.92. The first-order valence-electron chi connectivity index (χ1n) is 25.3. The van der Waals surface area contributed by atoms with E-state index < -0.39 is 0 Å². The molecule has 0 amide bonds. The Labute approximate surface area is 415 Å². The van der Waals surface area contributed by atoms with Crippen molar-refractivity contribution in [3.63, 3.8) is 0 Å². The molecule has 0 saturated carbocycles. The molecule has 0 unspecified atom stereocenters. The molecule has 1 heterocycles. The van der Waals surface area contributed by atoms with Gasteiger partial charge in [0.2, 0.25) is 0 Å². The molecular weight excluding hydrogens is 885 g/mol. The summed E-state index contributed by atoms with van der Waals surface area (Å²) in [6.07, 6.45) is 0. The Morgan fingerprint density at radius 1 is 0.222 bits per heavy atom. The van der Waals surface area contributed by atoms with E-state index in [-0.39, 0.29) is 0 Å². The molecule has 17 aromatic carbocycles. The monoisotopic (exact) mass is 920 g/mol. The number of thiophene rings is 1. The molecule has 1 heteroatoms. The van der Waals surface area contributed by atoms with Gasteiger partial charge in [-0.2, -0.15) is 0 Å². The van der Waals surface area contributed by atoms with Crippen LogP contribution >= 0.6 is 11.3 Å². The van der Waals surface area contributed by atoms with Crippen molar-refractivity contribution in [3.05, 3.63) is 206 Å². The molecule has 1 aromatic heterocycles. The highest BCUT2D eigenvalue weighted by atomic mass is 32.1. The SMILES string of the molecule is Cc1ccccc1-c1c2cc3c4cccc5c(-c6cccc7c6sc6ccccc67)ccc(c54)c3c3c4ccccc4c(c4c5ccc6c7ccc8c9c(ccc(c%10ccc(c14)c5c%106)c97)-c1ccccc1-8)c23. The highest BCUT2D eigenvalue weighted by molar-refractivity contribution is 7.26. The van der Waals surface area contributed by atoms with Crippen molar-refractivity contribution in [3.8, 4) is 44.5 Å². The molecule has 0 saturated heterocycles. The highest BCUT2D eigenvalue weighted by Gasteiger charge is 2.31. The van der Waals surface area contributed by atoms with Crippen LogP contribution in [0.25, 0.3) is 194 Å². The summed E-state index contributed by atoms with van der Waals surface area (Å²) in [7, 11) is 0. The van der Waals surface area contributed by atoms with E-state index in [9.17, 15) is 0 Å². The number of aryl methyl sites for hydroxylation is 1. The summed E-state index contributed by atoms with van der Waals surface area (Å²) in [5.74, 6) is 0. The van der Waals surface area contributed by atoms with Gasteiger partial charge in [-0.3, -0.25) is 0 Å². The topological polar surface area (TPSA) is 0 Å². The van der Waals surface area contributed by atoms with Crippen LogP contribution in [0.15, 0.2) is 200 Å². The Kier molecular flexibility index (Phi) is 6.44. The van der Waals surface area contributed by atoms with Crippen LogP contribution in [0.1, 0.15) is 5.56 Å². The van der Waals surface area contributed by atoms with Gasteiger partial charge in [0.25, 0.3) is 0 Å². The van der Waals surface area contributed by atoms with Crippen LogP contribution < -0.4 is 0 Å². The number of benzene rings is 14. The average Bonchev–Trinajstić information content (AvgIpc) is 4.23. The number of hydrogen-bond acceptors (Lipinski definition) is 1. The lowest BCUT2D eigenvalue weighted by atomic mass is 9.86. The van der Waals surface area contributed by atoms with Gasteiger partial charge in [-0.25, -0.2) is 0 Å². The zero-order chi connectivity index (χ0) is 46.4. The van der Waals surface area contributed by atoms with Crippen molar-refractivity contribution >= 4 is 161 Å². The van der Waals surface area contributed by atoms with E-state index in [1.165, 1.54) is 200 Å². The maximum atomic E-state index is 2.61. The molecular formula is C71H36S. The lowest BCUT2D eigenvalue weighted by molar-refractivity contribution is 1.48. The molecule has 0 bridgehead atoms. The quantitative estimate of drug-likeness (QED) is 0.120. The summed E-state index contributed by atoms with van der Waals surface area (Å²) in [6, 6.07) is 77.3. The van der Waals surface area contributed by atoms with Crippen molar-refractivity contribution in [2.24, 2.45) is 0 Å². The minimum atomic E-state index is 1.29. The highest BCUT2D eigenvalue weighted by Crippen LogP contribution is 2.59. The van der Waals surface area contributed by atoms with E-state index in [2.05, 4.69) is 207 Å². The van der Waals surface area contributed by atoms with Crippen molar-refractivity contribution in [1.29, 1.82) is 0 Å². The molecule has 0 atom stereocenters. The summed E-state index contributed by atoms with van der Waals surface area (Å²) in [4.78, 5) is 0. The van der Waals surface area contributed by atoms with Crippen molar-refractivity contribution in [1.82, 2.24) is 0 Å². The molecule has 0 radical (unpaired) electrons. The predicted molar refractivity (Wildman–Crippen MR) is 314 cm³/mol. The first kappa shape index (κ1) is 37.0. The van der Waals surface area contributed by atoms with E-state index >= 15 is 0 Å². The minimum Gasteiger partial charge on any atom is -0.135 e. The van der Waals surface area contributed by atoms with Crippen molar-refractivity contribution < 1.29 is 0 Å². The van der Waals surface area contributed by atoms with Crippen LogP contribution in [0, 0.1) is 6.92 Å². The van der Waals surface area contributed by atoms with Gasteiger partial charge in [-0.05, 0) is 193 Å². The zero-order valence-electron chi connectivity index (χ0n) is 39.0. The van der Waals surface area contributed by atoms with Gasteiger partial charge < -0.3 is 0 Å². The maximum Gasteiger partial charge on any atom is 0.0434 e. The standard InChI is InChI=1S/C71H36S/c1-35-12-2-3-13-36(35)60-57-34-56-44-20-10-19-41-39(51-21-11-22-52-40-16-8-9-23-58(40)72-71(51)52)24-31-53(59(41)44)65(56)66-42-17-6-7-18-43(42)67(70(57)66)69-55-33-30-50-48-28-26-46-38-15-5-4-14-37(38)45-25-27-47(62(48)61(45)46)49-29-32-54(68(60)69)64(55)63(49)50/h2-34H,1H3. The molecule has 18 aromatic rings. The van der Waals surface area contributed by atoms with Crippen LogP contribution in [0.5, 0.6) is 0 Å². The second-order valence-corrected chi connectivity index (χ2v) is 21.9. The summed E-state index contributed by atoms with van der Waals surface area (Å²) in [6.45, 7) is 2.31. The van der Waals surface area contributed by atoms with Crippen LogP contribution in [0.4, 0.5) is 0 Å². The van der Waals surface area contributed by atoms with Gasteiger partial charge in [-0.1, -0.05) is 188 Å². The molecule has 326 valence electrons. The van der Waals surface area contributed by atoms with E-state index in [1.54, 1.807) is 0 Å². The van der Waals surface area contributed by atoms with Gasteiger partial charge in [-0.15, -0.1) is 11.3 Å². The van der Waals surface area contributed by atoms with E-state index in [0.717, 1.165) is 0 Å². The van der Waals surface area contributed by atoms with Gasteiger partial charge >= 0.3 is 0 Å². The largest absolute Gasteiger partial charge is 0.135 e. The molecule has 0 nitrogen and oxygen atoms in total. The number of fused-ring (bicyclic) bond motifs is 19. The zero-order valence-corrected chi connectivity index (χ0v) is 39.8. The maximum absolute atomic E-state index is 2.61. The van der Waals surface area contributed by atoms with Gasteiger partial charge in [0.15, 0.2) is 0 Å². The number of hydrogen-bond donors (Lipinski definition) is 0.